The van der Waals surface area contributed by atoms with Crippen LogP contribution < -0.4 is 10.6 Å². The summed E-state index contributed by atoms with van der Waals surface area (Å²) >= 11 is 1.60. The number of thioether (sulfide) groups is 1. The molecule has 0 spiro atoms. The van der Waals surface area contributed by atoms with Crippen molar-refractivity contribution in [2.24, 2.45) is 5.92 Å². The van der Waals surface area contributed by atoms with Crippen LogP contribution in [0.1, 0.15) is 24.2 Å². The summed E-state index contributed by atoms with van der Waals surface area (Å²) in [5, 5.41) is 13.9. The molecule has 0 aliphatic carbocycles. The van der Waals surface area contributed by atoms with Crippen molar-refractivity contribution in [2.75, 3.05) is 17.3 Å². The molecule has 1 aromatic carbocycles. The van der Waals surface area contributed by atoms with Gasteiger partial charge in [0.05, 0.1) is 0 Å². The molecule has 2 amide bonds. The molecule has 0 aliphatic rings. The third-order valence-corrected chi connectivity index (χ3v) is 3.83. The minimum absolute atomic E-state index is 0.0777. The molecule has 0 saturated carbocycles. The minimum Gasteiger partial charge on any atom is -0.480 e. The molecule has 7 heteroatoms. The fourth-order valence-electron chi connectivity index (χ4n) is 1.64. The van der Waals surface area contributed by atoms with Crippen LogP contribution in [-0.2, 0) is 9.59 Å². The van der Waals surface area contributed by atoms with E-state index in [4.69, 9.17) is 5.11 Å². The van der Waals surface area contributed by atoms with Crippen molar-refractivity contribution in [3.05, 3.63) is 29.8 Å². The number of nitrogens with one attached hydrogen (secondary N) is 2. The molecule has 6 nitrogen and oxygen atoms in total. The zero-order valence-corrected chi connectivity index (χ0v) is 13.6. The van der Waals surface area contributed by atoms with Crippen molar-refractivity contribution in [3.8, 4) is 0 Å². The van der Waals surface area contributed by atoms with Crippen LogP contribution in [0.2, 0.25) is 0 Å². The van der Waals surface area contributed by atoms with E-state index in [9.17, 15) is 14.4 Å². The Morgan fingerprint density at radius 1 is 1.18 bits per heavy atom. The van der Waals surface area contributed by atoms with Crippen LogP contribution in [-0.4, -0.2) is 40.9 Å². The number of benzene rings is 1. The Kier molecular flexibility index (Phi) is 6.91. The first kappa shape index (κ1) is 18.0. The normalized spacial score (nSPS) is 13.0. The predicted octanol–water partition coefficient (Wildman–Crippen LogP) is 1.83. The minimum atomic E-state index is -1.10. The van der Waals surface area contributed by atoms with Crippen LogP contribution in [0.3, 0.4) is 0 Å². The summed E-state index contributed by atoms with van der Waals surface area (Å²) < 4.78 is 0. The average molecular weight is 324 g/mol. The van der Waals surface area contributed by atoms with Crippen LogP contribution in [0.4, 0.5) is 5.69 Å². The summed E-state index contributed by atoms with van der Waals surface area (Å²) in [7, 11) is 0. The maximum Gasteiger partial charge on any atom is 0.325 e. The summed E-state index contributed by atoms with van der Waals surface area (Å²) in [5.74, 6) is -1.01. The third kappa shape index (κ3) is 5.40. The number of hydrogen-bond acceptors (Lipinski definition) is 4. The molecule has 0 saturated heterocycles. The number of amides is 2. The highest BCUT2D eigenvalue weighted by Crippen LogP contribution is 2.13. The van der Waals surface area contributed by atoms with E-state index in [2.05, 4.69) is 10.6 Å². The summed E-state index contributed by atoms with van der Waals surface area (Å²) in [6, 6.07) is 5.35. The second kappa shape index (κ2) is 8.43. The largest absolute Gasteiger partial charge is 0.480 e. The molecule has 0 aliphatic heterocycles. The molecule has 2 unspecified atom stereocenters. The molecule has 3 N–H and O–H groups in total. The van der Waals surface area contributed by atoms with E-state index in [0.717, 1.165) is 5.75 Å². The predicted molar refractivity (Wildman–Crippen MR) is 87.2 cm³/mol. The monoisotopic (exact) mass is 324 g/mol. The summed E-state index contributed by atoms with van der Waals surface area (Å²) in [6.45, 7) is 3.24. The number of anilines is 1. The topological polar surface area (TPSA) is 95.5 Å². The summed E-state index contributed by atoms with van der Waals surface area (Å²) in [6.07, 6.45) is 1.94. The van der Waals surface area contributed by atoms with E-state index in [1.165, 1.54) is 6.92 Å². The molecule has 0 heterocycles. The highest BCUT2D eigenvalue weighted by atomic mass is 32.2. The zero-order chi connectivity index (χ0) is 16.7. The Morgan fingerprint density at radius 2 is 1.77 bits per heavy atom. The second-order valence-corrected chi connectivity index (χ2v) is 5.87. The van der Waals surface area contributed by atoms with Gasteiger partial charge in [-0.25, -0.2) is 0 Å². The lowest BCUT2D eigenvalue weighted by Crippen LogP contribution is -2.38. The van der Waals surface area contributed by atoms with Crippen LogP contribution in [0.5, 0.6) is 0 Å². The second-order valence-electron chi connectivity index (χ2n) is 4.96. The fraction of sp³-hybridized carbons (Fsp3) is 0.400. The van der Waals surface area contributed by atoms with Crippen molar-refractivity contribution in [2.45, 2.75) is 19.9 Å². The van der Waals surface area contributed by atoms with E-state index in [-0.39, 0.29) is 11.8 Å². The maximum absolute atomic E-state index is 11.9. The molecular weight excluding hydrogens is 304 g/mol. The lowest BCUT2D eigenvalue weighted by Gasteiger charge is -2.12. The van der Waals surface area contributed by atoms with Gasteiger partial charge in [-0.15, -0.1) is 0 Å². The number of carbonyl (C=O) groups is 3. The summed E-state index contributed by atoms with van der Waals surface area (Å²) in [5.41, 5.74) is 0.934. The van der Waals surface area contributed by atoms with E-state index >= 15 is 0 Å². The smallest absolute Gasteiger partial charge is 0.325 e. The molecule has 1 rings (SSSR count). The van der Waals surface area contributed by atoms with Crippen LogP contribution >= 0.6 is 11.8 Å². The first-order chi connectivity index (χ1) is 10.3. The highest BCUT2D eigenvalue weighted by Gasteiger charge is 2.16. The number of rotatable bonds is 7. The standard InChI is InChI=1S/C15H20N2O4S/c1-9(8-22-3)13(18)17-12-6-4-11(5-7-12)14(19)16-10(2)15(20)21/h4-7,9-10H,8H2,1-3H3,(H,16,19)(H,17,18)(H,20,21). The average Bonchev–Trinajstić information content (AvgIpc) is 2.47. The van der Waals surface area contributed by atoms with Gasteiger partial charge in [-0.05, 0) is 37.4 Å². The quantitative estimate of drug-likeness (QED) is 0.711. The molecule has 0 bridgehead atoms. The number of carboxylic acid groups (broad SMARTS) is 1. The molecular formula is C15H20N2O4S. The molecule has 2 atom stereocenters. The zero-order valence-electron chi connectivity index (χ0n) is 12.8. The molecule has 0 aromatic heterocycles. The van der Waals surface area contributed by atoms with E-state index in [1.54, 1.807) is 36.0 Å². The molecule has 22 heavy (non-hydrogen) atoms. The van der Waals surface area contributed by atoms with Gasteiger partial charge in [0.25, 0.3) is 5.91 Å². The van der Waals surface area contributed by atoms with Gasteiger partial charge < -0.3 is 15.7 Å². The third-order valence-electron chi connectivity index (χ3n) is 3.00. The maximum atomic E-state index is 11.9. The Balaban J connectivity index is 2.65. The van der Waals surface area contributed by atoms with Crippen LogP contribution in [0, 0.1) is 5.92 Å². The van der Waals surface area contributed by atoms with Gasteiger partial charge in [-0.2, -0.15) is 11.8 Å². The first-order valence-electron chi connectivity index (χ1n) is 6.78. The molecule has 0 radical (unpaired) electrons. The lowest BCUT2D eigenvalue weighted by molar-refractivity contribution is -0.138. The molecule has 0 fully saturated rings. The van der Waals surface area contributed by atoms with Gasteiger partial charge in [0.2, 0.25) is 5.91 Å². The van der Waals surface area contributed by atoms with Gasteiger partial charge in [0.15, 0.2) is 0 Å². The van der Waals surface area contributed by atoms with Gasteiger partial charge in [-0.3, -0.25) is 14.4 Å². The highest BCUT2D eigenvalue weighted by molar-refractivity contribution is 7.98. The SMILES string of the molecule is CSCC(C)C(=O)Nc1ccc(C(=O)NC(C)C(=O)O)cc1. The van der Waals surface area contributed by atoms with Crippen molar-refractivity contribution in [1.82, 2.24) is 5.32 Å². The van der Waals surface area contributed by atoms with Gasteiger partial charge in [0.1, 0.15) is 6.04 Å². The van der Waals surface area contributed by atoms with E-state index in [1.807, 2.05) is 13.2 Å². The van der Waals surface area contributed by atoms with Gasteiger partial charge in [0, 0.05) is 22.9 Å². The number of hydrogen-bond donors (Lipinski definition) is 3. The Bertz CT molecular complexity index is 545. The fourth-order valence-corrected chi connectivity index (χ4v) is 2.29. The molecule has 1 aromatic rings. The van der Waals surface area contributed by atoms with Gasteiger partial charge in [-0.1, -0.05) is 6.92 Å². The lowest BCUT2D eigenvalue weighted by atomic mass is 10.1. The van der Waals surface area contributed by atoms with Crippen molar-refractivity contribution in [1.29, 1.82) is 0 Å². The number of carbonyl (C=O) groups excluding carboxylic acids is 2. The van der Waals surface area contributed by atoms with Gasteiger partial charge >= 0.3 is 5.97 Å². The van der Waals surface area contributed by atoms with Crippen molar-refractivity contribution < 1.29 is 19.5 Å². The molecule has 120 valence electrons. The van der Waals surface area contributed by atoms with Crippen molar-refractivity contribution in [3.63, 3.8) is 0 Å². The number of carboxylic acids is 1. The summed E-state index contributed by atoms with van der Waals surface area (Å²) in [4.78, 5) is 34.4. The van der Waals surface area contributed by atoms with E-state index < -0.39 is 17.9 Å². The Morgan fingerprint density at radius 3 is 2.27 bits per heavy atom. The van der Waals surface area contributed by atoms with Crippen LogP contribution in [0.25, 0.3) is 0 Å². The van der Waals surface area contributed by atoms with Crippen molar-refractivity contribution >= 4 is 35.2 Å². The van der Waals surface area contributed by atoms with E-state index in [0.29, 0.717) is 11.3 Å². The first-order valence-corrected chi connectivity index (χ1v) is 8.18. The Labute approximate surface area is 133 Å². The number of aliphatic carboxylic acids is 1. The van der Waals surface area contributed by atoms with Crippen LogP contribution in [0.15, 0.2) is 24.3 Å². The Hall–Kier alpha value is -2.02.